The molecule has 0 rings (SSSR count). The van der Waals surface area contributed by atoms with Crippen LogP contribution in [0.1, 0.15) is 13.8 Å². The Kier molecular flexibility index (Phi) is 3.62. The number of hydrogen-bond donors (Lipinski definition) is 1. The van der Waals surface area contributed by atoms with Gasteiger partial charge >= 0.3 is 12.3 Å². The molecule has 0 fully saturated rings. The molecule has 0 aromatic carbocycles. The van der Waals surface area contributed by atoms with Crippen LogP contribution >= 0.6 is 0 Å². The first kappa shape index (κ1) is 12.6. The van der Waals surface area contributed by atoms with Crippen LogP contribution in [0.25, 0.3) is 0 Å². The minimum Gasteiger partial charge on any atom is -0.367 e. The van der Waals surface area contributed by atoms with Crippen molar-refractivity contribution in [1.29, 1.82) is 0 Å². The average Bonchev–Trinajstić information content (AvgIpc) is 1.83. The lowest BCUT2D eigenvalue weighted by Gasteiger charge is -2.24. The summed E-state index contributed by atoms with van der Waals surface area (Å²) in [6.07, 6.45) is -13.3. The molecule has 0 aromatic rings. The summed E-state index contributed by atoms with van der Waals surface area (Å²) in [5.74, 6) is -0.840. The molecular formula is C6H9F5O2. The Morgan fingerprint density at radius 3 is 1.69 bits per heavy atom. The van der Waals surface area contributed by atoms with Crippen LogP contribution in [0.4, 0.5) is 22.0 Å². The summed E-state index contributed by atoms with van der Waals surface area (Å²) in [5, 5.41) is 8.62. The van der Waals surface area contributed by atoms with Crippen molar-refractivity contribution < 1.29 is 31.8 Å². The molecule has 0 saturated carbocycles. The third-order valence-corrected chi connectivity index (χ3v) is 1.17. The molecule has 1 atom stereocenters. The summed E-state index contributed by atoms with van der Waals surface area (Å²) < 4.78 is 61.6. The van der Waals surface area contributed by atoms with Crippen molar-refractivity contribution >= 4 is 0 Å². The van der Waals surface area contributed by atoms with E-state index in [-0.39, 0.29) is 0 Å². The number of hydrogen-bond acceptors (Lipinski definition) is 2. The van der Waals surface area contributed by atoms with Gasteiger partial charge in [-0.15, -0.1) is 0 Å². The maximum Gasteiger partial charge on any atom is 0.483 e. The third-order valence-electron chi connectivity index (χ3n) is 1.17. The minimum atomic E-state index is -5.80. The van der Waals surface area contributed by atoms with Gasteiger partial charge in [0.1, 0.15) is 0 Å². The van der Waals surface area contributed by atoms with Crippen molar-refractivity contribution in [3.05, 3.63) is 0 Å². The van der Waals surface area contributed by atoms with E-state index in [2.05, 4.69) is 4.74 Å². The van der Waals surface area contributed by atoms with E-state index in [4.69, 9.17) is 5.11 Å². The Labute approximate surface area is 71.3 Å². The van der Waals surface area contributed by atoms with Crippen LogP contribution in [0, 0.1) is 5.92 Å². The van der Waals surface area contributed by atoms with Crippen LogP contribution in [0.5, 0.6) is 0 Å². The maximum atomic E-state index is 12.0. The zero-order valence-electron chi connectivity index (χ0n) is 6.90. The zero-order chi connectivity index (χ0) is 10.9. The second-order valence-corrected chi connectivity index (χ2v) is 2.77. The van der Waals surface area contributed by atoms with Crippen LogP contribution < -0.4 is 0 Å². The second-order valence-electron chi connectivity index (χ2n) is 2.77. The summed E-state index contributed by atoms with van der Waals surface area (Å²) in [6, 6.07) is 0. The van der Waals surface area contributed by atoms with Gasteiger partial charge in [0.05, 0.1) is 0 Å². The molecule has 0 heterocycles. The fourth-order valence-corrected chi connectivity index (χ4v) is 0.355. The van der Waals surface area contributed by atoms with Gasteiger partial charge in [0, 0.05) is 5.92 Å². The first-order valence-corrected chi connectivity index (χ1v) is 3.38. The van der Waals surface area contributed by atoms with E-state index in [9.17, 15) is 22.0 Å². The van der Waals surface area contributed by atoms with Gasteiger partial charge in [-0.2, -0.15) is 22.0 Å². The van der Waals surface area contributed by atoms with Gasteiger partial charge in [-0.3, -0.25) is 4.74 Å². The molecule has 0 aliphatic carbocycles. The molecule has 0 amide bonds. The molecular weight excluding hydrogens is 199 g/mol. The molecule has 1 N–H and O–H groups in total. The molecule has 1 unspecified atom stereocenters. The molecule has 80 valence electrons. The van der Waals surface area contributed by atoms with Gasteiger partial charge in [0.15, 0.2) is 6.29 Å². The Morgan fingerprint density at radius 2 is 1.46 bits per heavy atom. The maximum absolute atomic E-state index is 12.0. The highest BCUT2D eigenvalue weighted by Crippen LogP contribution is 2.37. The van der Waals surface area contributed by atoms with Crippen molar-refractivity contribution in [2.24, 2.45) is 5.92 Å². The second kappa shape index (κ2) is 3.75. The molecule has 0 bridgehead atoms. The van der Waals surface area contributed by atoms with Crippen LogP contribution in [0.3, 0.4) is 0 Å². The lowest BCUT2D eigenvalue weighted by atomic mass is 10.2. The van der Waals surface area contributed by atoms with E-state index >= 15 is 0 Å². The van der Waals surface area contributed by atoms with E-state index in [1.807, 2.05) is 0 Å². The molecule has 0 spiro atoms. The molecule has 0 aliphatic heterocycles. The summed E-state index contributed by atoms with van der Waals surface area (Å²) in [5.41, 5.74) is 0. The van der Waals surface area contributed by atoms with Crippen molar-refractivity contribution in [3.8, 4) is 0 Å². The lowest BCUT2D eigenvalue weighted by molar-refractivity contribution is -0.424. The highest BCUT2D eigenvalue weighted by Gasteiger charge is 2.60. The zero-order valence-corrected chi connectivity index (χ0v) is 6.90. The minimum absolute atomic E-state index is 0.840. The van der Waals surface area contributed by atoms with Gasteiger partial charge < -0.3 is 5.11 Å². The number of alkyl halides is 5. The fourth-order valence-electron chi connectivity index (χ4n) is 0.355. The molecule has 7 heteroatoms. The summed E-state index contributed by atoms with van der Waals surface area (Å²) in [6.45, 7) is 2.49. The van der Waals surface area contributed by atoms with Crippen molar-refractivity contribution in [2.75, 3.05) is 0 Å². The highest BCUT2D eigenvalue weighted by molar-refractivity contribution is 4.65. The fraction of sp³-hybridized carbons (Fsp3) is 1.00. The number of aliphatic hydroxyl groups is 1. The monoisotopic (exact) mass is 208 g/mol. The first-order valence-electron chi connectivity index (χ1n) is 3.38. The number of aliphatic hydroxyl groups excluding tert-OH is 1. The van der Waals surface area contributed by atoms with Gasteiger partial charge in [-0.1, -0.05) is 13.8 Å². The average molecular weight is 208 g/mol. The van der Waals surface area contributed by atoms with Crippen LogP contribution in [-0.2, 0) is 4.74 Å². The van der Waals surface area contributed by atoms with E-state index < -0.39 is 24.5 Å². The third kappa shape index (κ3) is 3.43. The predicted molar refractivity (Wildman–Crippen MR) is 32.9 cm³/mol. The largest absolute Gasteiger partial charge is 0.483 e. The standard InChI is InChI=1S/C6H9F5O2/c1-3(2)4(12)13-6(10,11)5(7,8)9/h3-4,12H,1-2H3. The highest BCUT2D eigenvalue weighted by atomic mass is 19.4. The Morgan fingerprint density at radius 1 is 1.08 bits per heavy atom. The molecule has 0 radical (unpaired) electrons. The van der Waals surface area contributed by atoms with E-state index in [1.54, 1.807) is 0 Å². The summed E-state index contributed by atoms with van der Waals surface area (Å²) in [4.78, 5) is 0. The number of rotatable bonds is 3. The van der Waals surface area contributed by atoms with E-state index in [0.29, 0.717) is 0 Å². The number of halogens is 5. The predicted octanol–water partition coefficient (Wildman–Crippen LogP) is 2.13. The van der Waals surface area contributed by atoms with Crippen LogP contribution in [-0.4, -0.2) is 23.7 Å². The van der Waals surface area contributed by atoms with Crippen molar-refractivity contribution in [3.63, 3.8) is 0 Å². The molecule has 0 aromatic heterocycles. The quantitative estimate of drug-likeness (QED) is 0.568. The van der Waals surface area contributed by atoms with Crippen molar-refractivity contribution in [2.45, 2.75) is 32.4 Å². The summed E-state index contributed by atoms with van der Waals surface area (Å²) >= 11 is 0. The van der Waals surface area contributed by atoms with Gasteiger partial charge in [-0.05, 0) is 0 Å². The van der Waals surface area contributed by atoms with Crippen LogP contribution in [0.15, 0.2) is 0 Å². The van der Waals surface area contributed by atoms with E-state index in [0.717, 1.165) is 0 Å². The van der Waals surface area contributed by atoms with Crippen LogP contribution in [0.2, 0.25) is 0 Å². The van der Waals surface area contributed by atoms with E-state index in [1.165, 1.54) is 13.8 Å². The smallest absolute Gasteiger partial charge is 0.367 e. The summed E-state index contributed by atoms with van der Waals surface area (Å²) in [7, 11) is 0. The van der Waals surface area contributed by atoms with Gasteiger partial charge in [0.25, 0.3) is 0 Å². The lowest BCUT2D eigenvalue weighted by Crippen LogP contribution is -2.43. The van der Waals surface area contributed by atoms with Gasteiger partial charge in [0.2, 0.25) is 0 Å². The molecule has 2 nitrogen and oxygen atoms in total. The SMILES string of the molecule is CC(C)C(O)OC(F)(F)C(F)(F)F. The molecule has 0 saturated heterocycles. The Bertz CT molecular complexity index is 165. The van der Waals surface area contributed by atoms with Crippen molar-refractivity contribution in [1.82, 2.24) is 0 Å². The normalized spacial score (nSPS) is 16.4. The topological polar surface area (TPSA) is 29.5 Å². The Hall–Kier alpha value is -0.430. The van der Waals surface area contributed by atoms with Gasteiger partial charge in [-0.25, -0.2) is 0 Å². The Balaban J connectivity index is 4.34. The molecule has 0 aliphatic rings. The number of ether oxygens (including phenoxy) is 1. The first-order chi connectivity index (χ1) is 5.58. The molecule has 13 heavy (non-hydrogen) atoms.